The average molecular weight is 260 g/mol. The summed E-state index contributed by atoms with van der Waals surface area (Å²) < 4.78 is 3.24. The number of halogens is 1. The van der Waals surface area contributed by atoms with Crippen LogP contribution in [0.5, 0.6) is 0 Å². The van der Waals surface area contributed by atoms with Gasteiger partial charge in [-0.05, 0) is 48.7 Å². The Morgan fingerprint density at radius 1 is 1.43 bits per heavy atom. The highest BCUT2D eigenvalue weighted by Gasteiger charge is 2.12. The highest BCUT2D eigenvalue weighted by molar-refractivity contribution is 9.10. The minimum atomic E-state index is 0.739. The normalized spacial score (nSPS) is 10.9. The molecule has 0 amide bonds. The molecular formula is C10H18BrN3. The first-order chi connectivity index (χ1) is 6.74. The third kappa shape index (κ3) is 2.36. The lowest BCUT2D eigenvalue weighted by Crippen LogP contribution is -2.06. The predicted molar refractivity (Wildman–Crippen MR) is 62.4 cm³/mol. The molecule has 0 unspecified atom stereocenters. The molecule has 0 bridgehead atoms. The molecule has 1 aromatic heterocycles. The topological polar surface area (TPSA) is 43.8 Å². The fourth-order valence-electron chi connectivity index (χ4n) is 1.53. The second-order valence-corrected chi connectivity index (χ2v) is 4.06. The Bertz CT molecular complexity index is 294. The van der Waals surface area contributed by atoms with Crippen molar-refractivity contribution in [2.75, 3.05) is 6.54 Å². The van der Waals surface area contributed by atoms with Crippen LogP contribution in [-0.2, 0) is 19.4 Å². The molecule has 4 heteroatoms. The van der Waals surface area contributed by atoms with Crippen molar-refractivity contribution in [1.82, 2.24) is 9.78 Å². The molecule has 0 aliphatic carbocycles. The van der Waals surface area contributed by atoms with Crippen LogP contribution in [0.15, 0.2) is 4.47 Å². The highest BCUT2D eigenvalue weighted by atomic mass is 79.9. The summed E-state index contributed by atoms with van der Waals surface area (Å²) >= 11 is 3.61. The van der Waals surface area contributed by atoms with Gasteiger partial charge in [-0.25, -0.2) is 0 Å². The van der Waals surface area contributed by atoms with Crippen LogP contribution in [0.3, 0.4) is 0 Å². The van der Waals surface area contributed by atoms with Gasteiger partial charge < -0.3 is 5.73 Å². The maximum absolute atomic E-state index is 5.51. The second-order valence-electron chi connectivity index (χ2n) is 3.27. The smallest absolute Gasteiger partial charge is 0.0766 e. The van der Waals surface area contributed by atoms with E-state index in [1.54, 1.807) is 0 Å². The third-order valence-corrected chi connectivity index (χ3v) is 3.23. The highest BCUT2D eigenvalue weighted by Crippen LogP contribution is 2.23. The number of aromatic nitrogens is 2. The number of hydrogen-bond donors (Lipinski definition) is 1. The first-order valence-corrected chi connectivity index (χ1v) is 5.97. The van der Waals surface area contributed by atoms with E-state index in [2.05, 4.69) is 39.6 Å². The van der Waals surface area contributed by atoms with E-state index in [1.165, 1.54) is 10.2 Å². The Kier molecular flexibility index (Phi) is 4.62. The fourth-order valence-corrected chi connectivity index (χ4v) is 2.29. The van der Waals surface area contributed by atoms with Gasteiger partial charge in [0.1, 0.15) is 0 Å². The van der Waals surface area contributed by atoms with Crippen LogP contribution in [0, 0.1) is 0 Å². The summed E-state index contributed by atoms with van der Waals surface area (Å²) in [5.74, 6) is 0. The quantitative estimate of drug-likeness (QED) is 0.881. The first kappa shape index (κ1) is 11.7. The standard InChI is InChI=1S/C10H18BrN3/c1-3-8-10(11)9(6-5-7-12)14(4-2)13-8/h3-7,12H2,1-2H3. The molecule has 0 saturated carbocycles. The molecule has 0 aromatic carbocycles. The van der Waals surface area contributed by atoms with Gasteiger partial charge in [-0.3, -0.25) is 4.68 Å². The number of nitrogens with zero attached hydrogens (tertiary/aromatic N) is 2. The van der Waals surface area contributed by atoms with Crippen molar-refractivity contribution < 1.29 is 0 Å². The Balaban J connectivity index is 2.92. The van der Waals surface area contributed by atoms with E-state index in [1.807, 2.05) is 0 Å². The van der Waals surface area contributed by atoms with E-state index < -0.39 is 0 Å². The number of hydrogen-bond acceptors (Lipinski definition) is 2. The first-order valence-electron chi connectivity index (χ1n) is 5.18. The zero-order valence-electron chi connectivity index (χ0n) is 8.89. The van der Waals surface area contributed by atoms with Gasteiger partial charge in [0.05, 0.1) is 15.9 Å². The molecule has 1 heterocycles. The van der Waals surface area contributed by atoms with Crippen molar-refractivity contribution in [3.63, 3.8) is 0 Å². The van der Waals surface area contributed by atoms with E-state index in [9.17, 15) is 0 Å². The van der Waals surface area contributed by atoms with Crippen LogP contribution in [0.25, 0.3) is 0 Å². The lowest BCUT2D eigenvalue weighted by Gasteiger charge is -2.03. The fraction of sp³-hybridized carbons (Fsp3) is 0.700. The van der Waals surface area contributed by atoms with Crippen molar-refractivity contribution in [1.29, 1.82) is 0 Å². The van der Waals surface area contributed by atoms with Gasteiger partial charge in [0.2, 0.25) is 0 Å². The molecule has 2 N–H and O–H groups in total. The van der Waals surface area contributed by atoms with Gasteiger partial charge in [-0.1, -0.05) is 6.92 Å². The predicted octanol–water partition coefficient (Wildman–Crippen LogP) is 2.12. The van der Waals surface area contributed by atoms with E-state index >= 15 is 0 Å². The lowest BCUT2D eigenvalue weighted by atomic mass is 10.2. The molecule has 1 rings (SSSR count). The molecule has 14 heavy (non-hydrogen) atoms. The molecule has 0 radical (unpaired) electrons. The molecule has 0 aliphatic heterocycles. The number of aryl methyl sites for hydroxylation is 2. The van der Waals surface area contributed by atoms with E-state index in [4.69, 9.17) is 5.73 Å². The molecule has 0 aliphatic rings. The molecule has 3 nitrogen and oxygen atoms in total. The Morgan fingerprint density at radius 3 is 2.64 bits per heavy atom. The monoisotopic (exact) mass is 259 g/mol. The number of nitrogens with two attached hydrogens (primary N) is 1. The number of rotatable bonds is 5. The van der Waals surface area contributed by atoms with Gasteiger partial charge in [-0.2, -0.15) is 5.10 Å². The summed E-state index contributed by atoms with van der Waals surface area (Å²) in [4.78, 5) is 0. The van der Waals surface area contributed by atoms with Crippen LogP contribution >= 0.6 is 15.9 Å². The maximum atomic E-state index is 5.51. The molecule has 0 fully saturated rings. The largest absolute Gasteiger partial charge is 0.330 e. The average Bonchev–Trinajstić information content (AvgIpc) is 2.52. The van der Waals surface area contributed by atoms with Gasteiger partial charge in [0, 0.05) is 6.54 Å². The minimum absolute atomic E-state index is 0.739. The summed E-state index contributed by atoms with van der Waals surface area (Å²) in [5.41, 5.74) is 7.95. The Morgan fingerprint density at radius 2 is 2.14 bits per heavy atom. The van der Waals surface area contributed by atoms with Gasteiger partial charge in [0.15, 0.2) is 0 Å². The van der Waals surface area contributed by atoms with Crippen LogP contribution in [-0.4, -0.2) is 16.3 Å². The lowest BCUT2D eigenvalue weighted by molar-refractivity contribution is 0.604. The summed E-state index contributed by atoms with van der Waals surface area (Å²) in [7, 11) is 0. The van der Waals surface area contributed by atoms with E-state index in [0.717, 1.165) is 38.0 Å². The summed E-state index contributed by atoms with van der Waals surface area (Å²) in [5, 5.41) is 4.53. The third-order valence-electron chi connectivity index (χ3n) is 2.31. The van der Waals surface area contributed by atoms with Crippen molar-refractivity contribution >= 4 is 15.9 Å². The van der Waals surface area contributed by atoms with Crippen LogP contribution in [0.4, 0.5) is 0 Å². The molecule has 0 atom stereocenters. The van der Waals surface area contributed by atoms with Crippen LogP contribution in [0.2, 0.25) is 0 Å². The Labute approximate surface area is 93.8 Å². The Hall–Kier alpha value is -0.350. The van der Waals surface area contributed by atoms with Crippen LogP contribution < -0.4 is 5.73 Å². The zero-order chi connectivity index (χ0) is 10.6. The molecule has 1 aromatic rings. The van der Waals surface area contributed by atoms with Crippen LogP contribution in [0.1, 0.15) is 31.7 Å². The SMILES string of the molecule is CCc1nn(CC)c(CCCN)c1Br. The van der Waals surface area contributed by atoms with Crippen molar-refractivity contribution in [2.45, 2.75) is 39.7 Å². The maximum Gasteiger partial charge on any atom is 0.0766 e. The second kappa shape index (κ2) is 5.51. The zero-order valence-corrected chi connectivity index (χ0v) is 10.5. The van der Waals surface area contributed by atoms with Gasteiger partial charge >= 0.3 is 0 Å². The molecule has 0 spiro atoms. The van der Waals surface area contributed by atoms with Gasteiger partial charge in [-0.15, -0.1) is 0 Å². The molecular weight excluding hydrogens is 242 g/mol. The van der Waals surface area contributed by atoms with Gasteiger partial charge in [0.25, 0.3) is 0 Å². The van der Waals surface area contributed by atoms with Crippen molar-refractivity contribution in [3.8, 4) is 0 Å². The summed E-state index contributed by atoms with van der Waals surface area (Å²) in [6, 6.07) is 0. The summed E-state index contributed by atoms with van der Waals surface area (Å²) in [6.07, 6.45) is 3.01. The minimum Gasteiger partial charge on any atom is -0.330 e. The van der Waals surface area contributed by atoms with E-state index in [0.29, 0.717) is 0 Å². The van der Waals surface area contributed by atoms with Crippen molar-refractivity contribution in [2.24, 2.45) is 5.73 Å². The molecule has 80 valence electrons. The molecule has 0 saturated heterocycles. The van der Waals surface area contributed by atoms with Crippen molar-refractivity contribution in [3.05, 3.63) is 15.9 Å². The summed E-state index contributed by atoms with van der Waals surface area (Å²) in [6.45, 7) is 5.91. The van der Waals surface area contributed by atoms with E-state index in [-0.39, 0.29) is 0 Å².